The topological polar surface area (TPSA) is 35.5 Å². The Morgan fingerprint density at radius 3 is 2.80 bits per heavy atom. The number of benzene rings is 1. The van der Waals surface area contributed by atoms with Gasteiger partial charge in [-0.1, -0.05) is 18.6 Å². The largest absolute Gasteiger partial charge is 0.497 e. The molecule has 25 heavy (non-hydrogen) atoms. The van der Waals surface area contributed by atoms with Gasteiger partial charge < -0.3 is 9.47 Å². The summed E-state index contributed by atoms with van der Waals surface area (Å²) in [6.07, 6.45) is 7.87. The molecule has 1 aromatic rings. The molecule has 0 radical (unpaired) electrons. The molecular weight excluding hydrogens is 312 g/mol. The van der Waals surface area contributed by atoms with Crippen LogP contribution in [0.15, 0.2) is 23.8 Å². The second kappa shape index (κ2) is 6.19. The number of aryl methyl sites for hydroxylation is 1. The quantitative estimate of drug-likeness (QED) is 0.732. The summed E-state index contributed by atoms with van der Waals surface area (Å²) in [4.78, 5) is 11.6. The Kier molecular flexibility index (Phi) is 4.13. The Labute approximate surface area is 150 Å². The summed E-state index contributed by atoms with van der Waals surface area (Å²) < 4.78 is 11.2. The highest BCUT2D eigenvalue weighted by Crippen LogP contribution is 2.60. The smallest absolute Gasteiger partial charge is 0.302 e. The zero-order chi connectivity index (χ0) is 17.6. The van der Waals surface area contributed by atoms with E-state index in [1.54, 1.807) is 25.2 Å². The molecule has 0 aromatic heterocycles. The molecule has 4 rings (SSSR count). The van der Waals surface area contributed by atoms with Gasteiger partial charge in [0.25, 0.3) is 0 Å². The lowest BCUT2D eigenvalue weighted by atomic mass is 9.60. The van der Waals surface area contributed by atoms with Crippen LogP contribution in [0, 0.1) is 11.3 Å². The van der Waals surface area contributed by atoms with Gasteiger partial charge in [0.2, 0.25) is 0 Å². The number of allylic oxidation sites excluding steroid dienone is 2. The number of ether oxygens (including phenoxy) is 2. The minimum Gasteiger partial charge on any atom is -0.497 e. The van der Waals surface area contributed by atoms with Gasteiger partial charge in [0.05, 0.1) is 7.11 Å². The first-order valence-electron chi connectivity index (χ1n) is 9.65. The van der Waals surface area contributed by atoms with Crippen LogP contribution in [0.3, 0.4) is 0 Å². The fraction of sp³-hybridized carbons (Fsp3) is 0.591. The van der Waals surface area contributed by atoms with Crippen molar-refractivity contribution in [2.45, 2.75) is 64.9 Å². The van der Waals surface area contributed by atoms with E-state index >= 15 is 0 Å². The zero-order valence-corrected chi connectivity index (χ0v) is 15.6. The van der Waals surface area contributed by atoms with Crippen molar-refractivity contribution in [2.24, 2.45) is 11.3 Å². The average Bonchev–Trinajstić information content (AvgIpc) is 2.99. The Balaban J connectivity index is 1.73. The van der Waals surface area contributed by atoms with Crippen LogP contribution in [-0.4, -0.2) is 19.2 Å². The van der Waals surface area contributed by atoms with Crippen LogP contribution in [0.5, 0.6) is 5.75 Å². The van der Waals surface area contributed by atoms with Crippen molar-refractivity contribution in [3.63, 3.8) is 0 Å². The lowest BCUT2D eigenvalue weighted by Gasteiger charge is -2.46. The molecular formula is C22H28O3. The molecule has 3 aliphatic carbocycles. The number of methoxy groups -OCH3 is 1. The number of rotatable bonds is 3. The summed E-state index contributed by atoms with van der Waals surface area (Å²) in [6.45, 7) is 3.83. The van der Waals surface area contributed by atoms with Crippen LogP contribution in [0.25, 0.3) is 5.57 Å². The van der Waals surface area contributed by atoms with E-state index in [4.69, 9.17) is 9.47 Å². The van der Waals surface area contributed by atoms with E-state index < -0.39 is 0 Å². The molecule has 1 saturated carbocycles. The number of hydrogen-bond donors (Lipinski definition) is 0. The molecule has 0 heterocycles. The molecule has 0 bridgehead atoms. The van der Waals surface area contributed by atoms with E-state index in [0.717, 1.165) is 50.7 Å². The van der Waals surface area contributed by atoms with Gasteiger partial charge in [-0.2, -0.15) is 0 Å². The Morgan fingerprint density at radius 1 is 1.24 bits per heavy atom. The predicted octanol–water partition coefficient (Wildman–Crippen LogP) is 4.93. The van der Waals surface area contributed by atoms with E-state index in [0.29, 0.717) is 5.92 Å². The summed E-state index contributed by atoms with van der Waals surface area (Å²) in [6, 6.07) is 6.55. The molecule has 0 amide bonds. The van der Waals surface area contributed by atoms with Crippen molar-refractivity contribution in [3.8, 4) is 5.75 Å². The highest BCUT2D eigenvalue weighted by Gasteiger charge is 2.54. The van der Waals surface area contributed by atoms with E-state index in [1.165, 1.54) is 11.1 Å². The standard InChI is InChI=1S/C22H28O3/c1-4-22-12-11-18-17-8-6-16(24-3)13-15(17)5-7-19(18)20(22)9-10-21(22)25-14(2)23/h6,8,13,20-21H,4-5,7,9-12H2,1-3H3/t20-,21-,22-/m0/s1. The highest BCUT2D eigenvalue weighted by atomic mass is 16.5. The van der Waals surface area contributed by atoms with Gasteiger partial charge in [0.1, 0.15) is 11.9 Å². The number of hydrogen-bond acceptors (Lipinski definition) is 3. The Hall–Kier alpha value is -1.77. The summed E-state index contributed by atoms with van der Waals surface area (Å²) in [5, 5.41) is 0. The van der Waals surface area contributed by atoms with E-state index in [-0.39, 0.29) is 17.5 Å². The monoisotopic (exact) mass is 340 g/mol. The van der Waals surface area contributed by atoms with E-state index in [1.807, 2.05) is 0 Å². The molecule has 3 atom stereocenters. The van der Waals surface area contributed by atoms with Gasteiger partial charge in [-0.15, -0.1) is 0 Å². The first-order valence-corrected chi connectivity index (χ1v) is 9.65. The zero-order valence-electron chi connectivity index (χ0n) is 15.6. The van der Waals surface area contributed by atoms with Crippen LogP contribution in [-0.2, 0) is 16.0 Å². The van der Waals surface area contributed by atoms with Gasteiger partial charge in [-0.25, -0.2) is 0 Å². The molecule has 1 aromatic carbocycles. The fourth-order valence-corrected chi connectivity index (χ4v) is 5.83. The lowest BCUT2D eigenvalue weighted by Crippen LogP contribution is -2.41. The van der Waals surface area contributed by atoms with Gasteiger partial charge in [-0.3, -0.25) is 4.79 Å². The average molecular weight is 340 g/mol. The predicted molar refractivity (Wildman–Crippen MR) is 98.5 cm³/mol. The van der Waals surface area contributed by atoms with E-state index in [9.17, 15) is 4.79 Å². The molecule has 0 aliphatic heterocycles. The molecule has 3 aliphatic rings. The second-order valence-electron chi connectivity index (χ2n) is 7.84. The first-order chi connectivity index (χ1) is 12.1. The molecule has 3 nitrogen and oxygen atoms in total. The third kappa shape index (κ3) is 2.51. The Morgan fingerprint density at radius 2 is 2.08 bits per heavy atom. The second-order valence-corrected chi connectivity index (χ2v) is 7.84. The van der Waals surface area contributed by atoms with Crippen molar-refractivity contribution >= 4 is 11.5 Å². The van der Waals surface area contributed by atoms with Gasteiger partial charge >= 0.3 is 5.97 Å². The number of carbonyl (C=O) groups is 1. The van der Waals surface area contributed by atoms with E-state index in [2.05, 4.69) is 25.1 Å². The molecule has 0 N–H and O–H groups in total. The van der Waals surface area contributed by atoms with Gasteiger partial charge in [0.15, 0.2) is 0 Å². The third-order valence-electron chi connectivity index (χ3n) is 6.97. The van der Waals surface area contributed by atoms with Gasteiger partial charge in [0, 0.05) is 12.3 Å². The van der Waals surface area contributed by atoms with Crippen molar-refractivity contribution in [2.75, 3.05) is 7.11 Å². The highest BCUT2D eigenvalue weighted by molar-refractivity contribution is 5.75. The summed E-state index contributed by atoms with van der Waals surface area (Å²) in [7, 11) is 1.74. The maximum absolute atomic E-state index is 11.6. The third-order valence-corrected chi connectivity index (χ3v) is 6.97. The molecule has 0 saturated heterocycles. The molecule has 0 spiro atoms. The maximum atomic E-state index is 11.6. The SMILES string of the molecule is CC[C@]12CCC3=C(CCc4cc(OC)ccc43)[C@@H]1CC[C@@H]2OC(C)=O. The van der Waals surface area contributed by atoms with Crippen LogP contribution in [0.1, 0.15) is 63.5 Å². The minimum absolute atomic E-state index is 0.103. The fourth-order valence-electron chi connectivity index (χ4n) is 5.83. The number of esters is 1. The maximum Gasteiger partial charge on any atom is 0.302 e. The molecule has 0 unspecified atom stereocenters. The normalized spacial score (nSPS) is 30.4. The van der Waals surface area contributed by atoms with Crippen molar-refractivity contribution < 1.29 is 14.3 Å². The molecule has 3 heteroatoms. The van der Waals surface area contributed by atoms with Crippen LogP contribution in [0.2, 0.25) is 0 Å². The molecule has 134 valence electrons. The van der Waals surface area contributed by atoms with Crippen molar-refractivity contribution in [3.05, 3.63) is 34.9 Å². The van der Waals surface area contributed by atoms with Crippen molar-refractivity contribution in [1.82, 2.24) is 0 Å². The first kappa shape index (κ1) is 16.7. The number of fused-ring (bicyclic) bond motifs is 4. The summed E-state index contributed by atoms with van der Waals surface area (Å²) >= 11 is 0. The summed E-state index contributed by atoms with van der Waals surface area (Å²) in [5.74, 6) is 1.41. The van der Waals surface area contributed by atoms with Gasteiger partial charge in [-0.05, 0) is 79.7 Å². The van der Waals surface area contributed by atoms with Crippen molar-refractivity contribution in [1.29, 1.82) is 0 Å². The van der Waals surface area contributed by atoms with Crippen LogP contribution in [0.4, 0.5) is 0 Å². The summed E-state index contributed by atoms with van der Waals surface area (Å²) in [5.41, 5.74) is 6.25. The lowest BCUT2D eigenvalue weighted by molar-refractivity contribution is -0.153. The minimum atomic E-state index is -0.126. The molecule has 1 fully saturated rings. The van der Waals surface area contributed by atoms with Crippen LogP contribution < -0.4 is 4.74 Å². The number of carbonyl (C=O) groups excluding carboxylic acids is 1. The van der Waals surface area contributed by atoms with Crippen LogP contribution >= 0.6 is 0 Å². The Bertz CT molecular complexity index is 733.